The van der Waals surface area contributed by atoms with E-state index in [4.69, 9.17) is 10.6 Å². The Hall–Kier alpha value is -0.260. The van der Waals surface area contributed by atoms with Crippen molar-refractivity contribution >= 4 is 17.7 Å². The van der Waals surface area contributed by atoms with Crippen molar-refractivity contribution in [2.24, 2.45) is 5.84 Å². The van der Waals surface area contributed by atoms with Crippen LogP contribution >= 0.6 is 11.8 Å². The maximum Gasteiger partial charge on any atom is 0.233 e. The highest BCUT2D eigenvalue weighted by Gasteiger charge is 2.17. The number of carbonyl (C=O) groups excluding carboxylic acids is 1. The summed E-state index contributed by atoms with van der Waals surface area (Å²) in [6.45, 7) is 3.94. The Balaban J connectivity index is 2.11. The van der Waals surface area contributed by atoms with Crippen molar-refractivity contribution in [2.45, 2.75) is 43.1 Å². The Kier molecular flexibility index (Phi) is 6.05. The lowest BCUT2D eigenvalue weighted by Crippen LogP contribution is -2.30. The molecule has 3 N–H and O–H groups in total. The van der Waals surface area contributed by atoms with Crippen LogP contribution in [-0.4, -0.2) is 29.6 Å². The average molecular weight is 232 g/mol. The number of thioether (sulfide) groups is 1. The number of ether oxygens (including phenoxy) is 1. The van der Waals surface area contributed by atoms with Crippen LogP contribution in [0.4, 0.5) is 0 Å². The largest absolute Gasteiger partial charge is 0.381 e. The molecular weight excluding hydrogens is 212 g/mol. The minimum absolute atomic E-state index is 0.0746. The first kappa shape index (κ1) is 12.8. The van der Waals surface area contributed by atoms with E-state index in [1.54, 1.807) is 0 Å². The van der Waals surface area contributed by atoms with Gasteiger partial charge in [-0.15, -0.1) is 0 Å². The zero-order chi connectivity index (χ0) is 11.1. The normalized spacial score (nSPS) is 19.9. The molecular formula is C10H20N2O2S. The SMILES string of the molecule is CC(CCC(=O)NN)SC1CCOCC1. The van der Waals surface area contributed by atoms with Gasteiger partial charge >= 0.3 is 0 Å². The number of hydrogen-bond donors (Lipinski definition) is 2. The summed E-state index contributed by atoms with van der Waals surface area (Å²) in [6.07, 6.45) is 3.69. The molecule has 0 aromatic heterocycles. The lowest BCUT2D eigenvalue weighted by atomic mass is 10.2. The number of nitrogens with two attached hydrogens (primary N) is 1. The molecule has 0 aliphatic carbocycles. The number of amides is 1. The second-order valence-electron chi connectivity index (χ2n) is 3.86. The van der Waals surface area contributed by atoms with Crippen molar-refractivity contribution in [1.29, 1.82) is 0 Å². The highest BCUT2D eigenvalue weighted by Crippen LogP contribution is 2.28. The number of hydrazine groups is 1. The van der Waals surface area contributed by atoms with Gasteiger partial charge in [0.2, 0.25) is 5.91 Å². The molecule has 5 heteroatoms. The molecule has 0 bridgehead atoms. The van der Waals surface area contributed by atoms with Crippen LogP contribution in [0.3, 0.4) is 0 Å². The third-order valence-corrected chi connectivity index (χ3v) is 4.09. The summed E-state index contributed by atoms with van der Waals surface area (Å²) in [6, 6.07) is 0. The minimum Gasteiger partial charge on any atom is -0.381 e. The second-order valence-corrected chi connectivity index (χ2v) is 5.61. The predicted molar refractivity (Wildman–Crippen MR) is 62.5 cm³/mol. The molecule has 1 aliphatic rings. The van der Waals surface area contributed by atoms with Gasteiger partial charge in [0.1, 0.15) is 0 Å². The van der Waals surface area contributed by atoms with Gasteiger partial charge in [0, 0.05) is 30.1 Å². The van der Waals surface area contributed by atoms with E-state index in [-0.39, 0.29) is 5.91 Å². The highest BCUT2D eigenvalue weighted by molar-refractivity contribution is 8.00. The van der Waals surface area contributed by atoms with Crippen molar-refractivity contribution in [2.75, 3.05) is 13.2 Å². The molecule has 1 atom stereocenters. The maximum absolute atomic E-state index is 10.9. The monoisotopic (exact) mass is 232 g/mol. The summed E-state index contributed by atoms with van der Waals surface area (Å²) in [4.78, 5) is 10.9. The van der Waals surface area contributed by atoms with Crippen molar-refractivity contribution < 1.29 is 9.53 Å². The van der Waals surface area contributed by atoms with Gasteiger partial charge in [0.15, 0.2) is 0 Å². The Morgan fingerprint density at radius 2 is 2.27 bits per heavy atom. The molecule has 0 spiro atoms. The third kappa shape index (κ3) is 5.39. The summed E-state index contributed by atoms with van der Waals surface area (Å²) in [5, 5.41) is 1.22. The van der Waals surface area contributed by atoms with E-state index in [0.29, 0.717) is 16.9 Å². The lowest BCUT2D eigenvalue weighted by molar-refractivity contribution is -0.121. The van der Waals surface area contributed by atoms with Crippen molar-refractivity contribution in [1.82, 2.24) is 5.43 Å². The molecule has 0 aromatic carbocycles. The first-order valence-electron chi connectivity index (χ1n) is 5.45. The standard InChI is InChI=1S/C10H20N2O2S/c1-8(2-3-10(13)12-11)15-9-4-6-14-7-5-9/h8-9H,2-7,11H2,1H3,(H,12,13). The molecule has 1 saturated heterocycles. The van der Waals surface area contributed by atoms with E-state index in [2.05, 4.69) is 12.3 Å². The molecule has 0 aromatic rings. The van der Waals surface area contributed by atoms with Crippen molar-refractivity contribution in [3.8, 4) is 0 Å². The predicted octanol–water partition coefficient (Wildman–Crippen LogP) is 1.06. The summed E-state index contributed by atoms with van der Waals surface area (Å²) in [7, 11) is 0. The third-order valence-electron chi connectivity index (χ3n) is 2.53. The van der Waals surface area contributed by atoms with Crippen LogP contribution in [-0.2, 0) is 9.53 Å². The number of carbonyl (C=O) groups is 1. The fourth-order valence-electron chi connectivity index (χ4n) is 1.62. The Bertz CT molecular complexity index is 196. The van der Waals surface area contributed by atoms with E-state index in [0.717, 1.165) is 32.5 Å². The van der Waals surface area contributed by atoms with Gasteiger partial charge < -0.3 is 4.74 Å². The smallest absolute Gasteiger partial charge is 0.233 e. The molecule has 1 amide bonds. The van der Waals surface area contributed by atoms with Crippen LogP contribution in [0.1, 0.15) is 32.6 Å². The molecule has 1 fully saturated rings. The summed E-state index contributed by atoms with van der Waals surface area (Å²) in [5.41, 5.74) is 2.16. The van der Waals surface area contributed by atoms with E-state index < -0.39 is 0 Å². The van der Waals surface area contributed by atoms with Crippen LogP contribution in [0.5, 0.6) is 0 Å². The summed E-state index contributed by atoms with van der Waals surface area (Å²) < 4.78 is 5.30. The van der Waals surface area contributed by atoms with E-state index >= 15 is 0 Å². The van der Waals surface area contributed by atoms with E-state index in [1.165, 1.54) is 0 Å². The van der Waals surface area contributed by atoms with Crippen molar-refractivity contribution in [3.05, 3.63) is 0 Å². The molecule has 1 heterocycles. The number of rotatable bonds is 5. The van der Waals surface area contributed by atoms with Gasteiger partial charge in [-0.25, -0.2) is 5.84 Å². The topological polar surface area (TPSA) is 64.4 Å². The van der Waals surface area contributed by atoms with Gasteiger partial charge in [-0.1, -0.05) is 6.92 Å². The summed E-state index contributed by atoms with van der Waals surface area (Å²) in [5.74, 6) is 4.95. The van der Waals surface area contributed by atoms with Gasteiger partial charge in [0.25, 0.3) is 0 Å². The maximum atomic E-state index is 10.9. The molecule has 88 valence electrons. The Morgan fingerprint density at radius 3 is 2.87 bits per heavy atom. The first-order valence-corrected chi connectivity index (χ1v) is 6.39. The molecule has 1 unspecified atom stereocenters. The fraction of sp³-hybridized carbons (Fsp3) is 0.900. The van der Waals surface area contributed by atoms with Crippen LogP contribution in [0.2, 0.25) is 0 Å². The summed E-state index contributed by atoms with van der Waals surface area (Å²) >= 11 is 1.97. The van der Waals surface area contributed by atoms with Crippen LogP contribution in [0, 0.1) is 0 Å². The van der Waals surface area contributed by atoms with Crippen LogP contribution in [0.25, 0.3) is 0 Å². The molecule has 1 aliphatic heterocycles. The number of hydrogen-bond acceptors (Lipinski definition) is 4. The Labute approximate surface area is 95.3 Å². The molecule has 1 rings (SSSR count). The second kappa shape index (κ2) is 7.09. The van der Waals surface area contributed by atoms with E-state index in [1.807, 2.05) is 11.8 Å². The zero-order valence-corrected chi connectivity index (χ0v) is 10.0. The first-order chi connectivity index (χ1) is 7.22. The van der Waals surface area contributed by atoms with Crippen LogP contribution < -0.4 is 11.3 Å². The quantitative estimate of drug-likeness (QED) is 0.422. The number of nitrogens with one attached hydrogen (secondary N) is 1. The fourth-order valence-corrected chi connectivity index (χ4v) is 2.99. The highest BCUT2D eigenvalue weighted by atomic mass is 32.2. The van der Waals surface area contributed by atoms with Gasteiger partial charge in [0.05, 0.1) is 0 Å². The molecule has 4 nitrogen and oxygen atoms in total. The average Bonchev–Trinajstić information content (AvgIpc) is 2.27. The van der Waals surface area contributed by atoms with E-state index in [9.17, 15) is 4.79 Å². The molecule has 0 saturated carbocycles. The minimum atomic E-state index is -0.0746. The molecule has 0 radical (unpaired) electrons. The van der Waals surface area contributed by atoms with Gasteiger partial charge in [-0.05, 0) is 19.3 Å². The van der Waals surface area contributed by atoms with Crippen LogP contribution in [0.15, 0.2) is 0 Å². The Morgan fingerprint density at radius 1 is 1.60 bits per heavy atom. The molecule has 15 heavy (non-hydrogen) atoms. The van der Waals surface area contributed by atoms with Gasteiger partial charge in [-0.3, -0.25) is 10.2 Å². The van der Waals surface area contributed by atoms with Crippen molar-refractivity contribution in [3.63, 3.8) is 0 Å². The van der Waals surface area contributed by atoms with Gasteiger partial charge in [-0.2, -0.15) is 11.8 Å². The zero-order valence-electron chi connectivity index (χ0n) is 9.20. The lowest BCUT2D eigenvalue weighted by Gasteiger charge is -2.24.